The number of nitrogens with zero attached hydrogens (tertiary/aromatic N) is 2. The molecule has 0 saturated heterocycles. The Hall–Kier alpha value is -3.12. The fourth-order valence-electron chi connectivity index (χ4n) is 5.06. The molecule has 2 aliphatic rings. The van der Waals surface area contributed by atoms with E-state index in [9.17, 15) is 0 Å². The zero-order valence-electron chi connectivity index (χ0n) is 19.9. The maximum atomic E-state index is 5.73. The Morgan fingerprint density at radius 3 is 2.36 bits per heavy atom. The number of rotatable bonds is 8. The van der Waals surface area contributed by atoms with Crippen molar-refractivity contribution in [2.75, 3.05) is 52.1 Å². The summed E-state index contributed by atoms with van der Waals surface area (Å²) in [5.41, 5.74) is 4.92. The quantitative estimate of drug-likeness (QED) is 0.466. The molecule has 0 atom stereocenters. The van der Waals surface area contributed by atoms with E-state index in [2.05, 4.69) is 60.0 Å². The van der Waals surface area contributed by atoms with Gasteiger partial charge < -0.3 is 28.7 Å². The Morgan fingerprint density at radius 1 is 0.909 bits per heavy atom. The smallest absolute Gasteiger partial charge is 0.231 e. The summed E-state index contributed by atoms with van der Waals surface area (Å²) in [4.78, 5) is 4.99. The van der Waals surface area contributed by atoms with Crippen LogP contribution in [-0.2, 0) is 6.54 Å². The second kappa shape index (κ2) is 9.02. The van der Waals surface area contributed by atoms with Gasteiger partial charge in [0.15, 0.2) is 23.0 Å². The Kier molecular flexibility index (Phi) is 5.94. The lowest BCUT2D eigenvalue weighted by Crippen LogP contribution is -2.31. The molecule has 3 aromatic carbocycles. The summed E-state index contributed by atoms with van der Waals surface area (Å²) >= 11 is 0. The molecule has 0 bridgehead atoms. The first-order chi connectivity index (χ1) is 16.2. The Labute approximate surface area is 195 Å². The Bertz CT molecular complexity index is 1170. The maximum absolute atomic E-state index is 5.73. The molecule has 2 aliphatic heterocycles. The molecular weight excluding hydrogens is 416 g/mol. The summed E-state index contributed by atoms with van der Waals surface area (Å²) in [5.74, 6) is 3.16. The van der Waals surface area contributed by atoms with Crippen LogP contribution in [0.2, 0.25) is 0 Å². The summed E-state index contributed by atoms with van der Waals surface area (Å²) in [6, 6.07) is 12.9. The van der Waals surface area contributed by atoms with E-state index in [4.69, 9.17) is 18.9 Å². The molecule has 33 heavy (non-hydrogen) atoms. The fraction of sp³-hybridized carbons (Fsp3) is 0.407. The second-order valence-electron chi connectivity index (χ2n) is 8.55. The van der Waals surface area contributed by atoms with Crippen molar-refractivity contribution in [2.24, 2.45) is 0 Å². The van der Waals surface area contributed by atoms with Crippen LogP contribution in [0.5, 0.6) is 23.0 Å². The molecule has 0 fully saturated rings. The lowest BCUT2D eigenvalue weighted by atomic mass is 9.89. The van der Waals surface area contributed by atoms with Gasteiger partial charge in [-0.15, -0.1) is 0 Å². The largest absolute Gasteiger partial charge is 0.493 e. The lowest BCUT2D eigenvalue weighted by Gasteiger charge is -2.35. The van der Waals surface area contributed by atoms with E-state index in [1.807, 2.05) is 0 Å². The summed E-state index contributed by atoms with van der Waals surface area (Å²) in [6.07, 6.45) is 1.10. The van der Waals surface area contributed by atoms with E-state index >= 15 is 0 Å². The zero-order valence-corrected chi connectivity index (χ0v) is 19.9. The van der Waals surface area contributed by atoms with Gasteiger partial charge in [-0.1, -0.05) is 26.0 Å². The summed E-state index contributed by atoms with van der Waals surface area (Å²) in [7, 11) is 3.38. The molecule has 0 N–H and O–H groups in total. The molecule has 0 aromatic heterocycles. The van der Waals surface area contributed by atoms with E-state index in [1.54, 1.807) is 14.2 Å². The van der Waals surface area contributed by atoms with Gasteiger partial charge >= 0.3 is 0 Å². The van der Waals surface area contributed by atoms with E-state index in [0.29, 0.717) is 0 Å². The molecule has 0 radical (unpaired) electrons. The monoisotopic (exact) mass is 448 g/mol. The first-order valence-corrected chi connectivity index (χ1v) is 11.8. The second-order valence-corrected chi connectivity index (χ2v) is 8.55. The molecular formula is C27H32N2O4. The number of hydrogen-bond acceptors (Lipinski definition) is 6. The van der Waals surface area contributed by atoms with Gasteiger partial charge in [0.25, 0.3) is 0 Å². The Balaban J connectivity index is 1.62. The third kappa shape index (κ3) is 3.82. The molecule has 6 nitrogen and oxygen atoms in total. The van der Waals surface area contributed by atoms with Crippen LogP contribution in [0.15, 0.2) is 36.4 Å². The van der Waals surface area contributed by atoms with E-state index < -0.39 is 0 Å². The summed E-state index contributed by atoms with van der Waals surface area (Å²) < 4.78 is 22.6. The van der Waals surface area contributed by atoms with Crippen LogP contribution in [0.4, 0.5) is 5.69 Å². The number of anilines is 1. The lowest BCUT2D eigenvalue weighted by molar-refractivity contribution is 0.174. The van der Waals surface area contributed by atoms with Gasteiger partial charge in [-0.3, -0.25) is 0 Å². The van der Waals surface area contributed by atoms with Crippen LogP contribution in [0, 0.1) is 0 Å². The Morgan fingerprint density at radius 2 is 1.64 bits per heavy atom. The van der Waals surface area contributed by atoms with Crippen molar-refractivity contribution in [1.82, 2.24) is 4.90 Å². The third-order valence-corrected chi connectivity index (χ3v) is 6.86. The van der Waals surface area contributed by atoms with Gasteiger partial charge in [-0.05, 0) is 66.8 Å². The molecule has 0 saturated carbocycles. The molecule has 5 rings (SSSR count). The fourth-order valence-corrected chi connectivity index (χ4v) is 5.06. The van der Waals surface area contributed by atoms with Crippen LogP contribution in [0.1, 0.15) is 25.8 Å². The SMILES string of the molecule is CCN(CC)CCCN1Cc2cc(OC)c(OC)cc2-c2ccc3cc4c(cc3c21)OCO4. The van der Waals surface area contributed by atoms with Gasteiger partial charge in [0.2, 0.25) is 6.79 Å². The van der Waals surface area contributed by atoms with Crippen LogP contribution < -0.4 is 23.8 Å². The summed E-state index contributed by atoms with van der Waals surface area (Å²) in [6.45, 7) is 9.80. The first kappa shape index (κ1) is 21.7. The van der Waals surface area contributed by atoms with Gasteiger partial charge in [0, 0.05) is 24.0 Å². The highest BCUT2D eigenvalue weighted by Gasteiger charge is 2.27. The molecule has 0 spiro atoms. The van der Waals surface area contributed by atoms with Gasteiger partial charge in [-0.2, -0.15) is 0 Å². The first-order valence-electron chi connectivity index (χ1n) is 11.8. The van der Waals surface area contributed by atoms with E-state index in [-0.39, 0.29) is 6.79 Å². The highest BCUT2D eigenvalue weighted by atomic mass is 16.7. The van der Waals surface area contributed by atoms with Crippen molar-refractivity contribution < 1.29 is 18.9 Å². The van der Waals surface area contributed by atoms with E-state index in [0.717, 1.165) is 67.5 Å². The van der Waals surface area contributed by atoms with Gasteiger partial charge in [-0.25, -0.2) is 0 Å². The highest BCUT2D eigenvalue weighted by Crippen LogP contribution is 2.49. The molecule has 0 amide bonds. The number of ether oxygens (including phenoxy) is 4. The topological polar surface area (TPSA) is 43.4 Å². The van der Waals surface area contributed by atoms with Gasteiger partial charge in [0.05, 0.1) is 19.9 Å². The molecule has 3 aromatic rings. The molecule has 2 heterocycles. The maximum Gasteiger partial charge on any atom is 0.231 e. The average molecular weight is 449 g/mol. The van der Waals surface area contributed by atoms with Crippen molar-refractivity contribution in [3.63, 3.8) is 0 Å². The number of hydrogen-bond donors (Lipinski definition) is 0. The molecule has 0 unspecified atom stereocenters. The number of methoxy groups -OCH3 is 2. The normalized spacial score (nSPS) is 13.9. The van der Waals surface area contributed by atoms with Gasteiger partial charge in [0.1, 0.15) is 0 Å². The van der Waals surface area contributed by atoms with Crippen molar-refractivity contribution >= 4 is 16.5 Å². The van der Waals surface area contributed by atoms with Crippen LogP contribution >= 0.6 is 0 Å². The summed E-state index contributed by atoms with van der Waals surface area (Å²) in [5, 5.41) is 2.36. The van der Waals surface area contributed by atoms with Crippen molar-refractivity contribution in [3.05, 3.63) is 42.0 Å². The van der Waals surface area contributed by atoms with Crippen LogP contribution in [0.3, 0.4) is 0 Å². The van der Waals surface area contributed by atoms with Crippen LogP contribution in [0.25, 0.3) is 21.9 Å². The number of benzene rings is 3. The average Bonchev–Trinajstić information content (AvgIpc) is 3.31. The van der Waals surface area contributed by atoms with Crippen molar-refractivity contribution in [1.29, 1.82) is 0 Å². The highest BCUT2D eigenvalue weighted by molar-refractivity contribution is 6.05. The minimum atomic E-state index is 0.279. The van der Waals surface area contributed by atoms with Crippen molar-refractivity contribution in [3.8, 4) is 34.1 Å². The molecule has 6 heteroatoms. The predicted molar refractivity (Wildman–Crippen MR) is 132 cm³/mol. The van der Waals surface area contributed by atoms with E-state index in [1.165, 1.54) is 27.8 Å². The standard InChI is InChI=1S/C27H32N2O4/c1-5-28(6-2)10-7-11-29-16-19-13-23(30-3)24(31-4)14-21(19)20-9-8-18-12-25-26(33-17-32-25)15-22(18)27(20)29/h8-9,12-15H,5-7,10-11,16-17H2,1-4H3. The zero-order chi connectivity index (χ0) is 22.9. The minimum absolute atomic E-state index is 0.279. The molecule has 174 valence electrons. The molecule has 0 aliphatic carbocycles. The minimum Gasteiger partial charge on any atom is -0.493 e. The number of fused-ring (bicyclic) bond motifs is 6. The third-order valence-electron chi connectivity index (χ3n) is 6.86. The van der Waals surface area contributed by atoms with Crippen molar-refractivity contribution in [2.45, 2.75) is 26.8 Å². The predicted octanol–water partition coefficient (Wildman–Crippen LogP) is 5.30. The van der Waals surface area contributed by atoms with Crippen LogP contribution in [-0.4, -0.2) is 52.1 Å².